The molecule has 128 valence electrons. The Labute approximate surface area is 155 Å². The van der Waals surface area contributed by atoms with Gasteiger partial charge < -0.3 is 10.5 Å². The number of fused-ring (bicyclic) bond motifs is 1. The van der Waals surface area contributed by atoms with E-state index in [0.717, 1.165) is 22.4 Å². The van der Waals surface area contributed by atoms with Crippen molar-refractivity contribution >= 4 is 11.6 Å². The van der Waals surface area contributed by atoms with E-state index in [0.29, 0.717) is 22.9 Å². The molecule has 0 saturated carbocycles. The number of hydrogen-bond donors (Lipinski definition) is 2. The van der Waals surface area contributed by atoms with Crippen LogP contribution in [0.15, 0.2) is 66.1 Å². The first-order valence-electron chi connectivity index (χ1n) is 8.11. The van der Waals surface area contributed by atoms with E-state index < -0.39 is 0 Å². The number of nitrogens with one attached hydrogen (secondary N) is 1. The summed E-state index contributed by atoms with van der Waals surface area (Å²) in [4.78, 5) is 0. The normalized spacial score (nSPS) is 15.9. The van der Waals surface area contributed by atoms with Crippen molar-refractivity contribution in [1.82, 2.24) is 10.2 Å². The first-order chi connectivity index (χ1) is 12.7. The number of rotatable bonds is 3. The zero-order valence-electron chi connectivity index (χ0n) is 13.7. The van der Waals surface area contributed by atoms with Gasteiger partial charge in [-0.1, -0.05) is 54.1 Å². The van der Waals surface area contributed by atoms with Gasteiger partial charge in [-0.2, -0.15) is 5.26 Å². The van der Waals surface area contributed by atoms with E-state index >= 15 is 0 Å². The first kappa shape index (κ1) is 16.2. The molecule has 2 aromatic carbocycles. The molecule has 1 aliphatic rings. The zero-order valence-corrected chi connectivity index (χ0v) is 14.5. The van der Waals surface area contributed by atoms with Gasteiger partial charge in [0.25, 0.3) is 0 Å². The predicted octanol–water partition coefficient (Wildman–Crippen LogP) is 3.87. The van der Waals surface area contributed by atoms with Crippen molar-refractivity contribution in [1.29, 1.82) is 5.26 Å². The molecule has 3 N–H and O–H groups in total. The highest BCUT2D eigenvalue weighted by atomic mass is 35.5. The number of allylic oxidation sites excluding steroid dienone is 1. The van der Waals surface area contributed by atoms with Crippen LogP contribution in [0.4, 0.5) is 0 Å². The fraction of sp³-hybridized carbons (Fsp3) is 0.100. The summed E-state index contributed by atoms with van der Waals surface area (Å²) in [6.07, 6.45) is 0.641. The lowest BCUT2D eigenvalue weighted by molar-refractivity contribution is 0.378. The average Bonchev–Trinajstić information content (AvgIpc) is 3.03. The fourth-order valence-corrected chi connectivity index (χ4v) is 3.46. The highest BCUT2D eigenvalue weighted by Gasteiger charge is 2.35. The third-order valence-corrected chi connectivity index (χ3v) is 4.66. The van der Waals surface area contributed by atoms with Crippen LogP contribution in [0.1, 0.15) is 28.3 Å². The molecular formula is C20H15ClN4O. The molecule has 0 saturated heterocycles. The lowest BCUT2D eigenvalue weighted by Gasteiger charge is -2.24. The minimum absolute atomic E-state index is 0.0720. The maximum atomic E-state index is 9.67. The molecule has 0 aliphatic carbocycles. The molecule has 1 atom stereocenters. The van der Waals surface area contributed by atoms with Crippen molar-refractivity contribution in [2.75, 3.05) is 0 Å². The summed E-state index contributed by atoms with van der Waals surface area (Å²) in [7, 11) is 0. The number of halogens is 1. The predicted molar refractivity (Wildman–Crippen MR) is 98.6 cm³/mol. The summed E-state index contributed by atoms with van der Waals surface area (Å²) in [5.41, 5.74) is 10.0. The van der Waals surface area contributed by atoms with E-state index in [4.69, 9.17) is 22.1 Å². The second-order valence-corrected chi connectivity index (χ2v) is 6.50. The third kappa shape index (κ3) is 2.81. The first-order valence-corrected chi connectivity index (χ1v) is 8.49. The standard InChI is InChI=1S/C20H15ClN4O/c21-14-8-4-7-13(10-14)17-15(11-22)19(23)26-20-18(17)16(24-25-20)9-12-5-2-1-3-6-12/h1-8,10,17H,9,23H2,(H,24,25). The molecule has 0 fully saturated rings. The van der Waals surface area contributed by atoms with Gasteiger partial charge in [0.1, 0.15) is 11.6 Å². The molecular weight excluding hydrogens is 348 g/mol. The molecule has 2 heterocycles. The second-order valence-electron chi connectivity index (χ2n) is 6.06. The number of nitriles is 1. The van der Waals surface area contributed by atoms with Gasteiger partial charge in [0.2, 0.25) is 11.8 Å². The minimum Gasteiger partial charge on any atom is -0.420 e. The maximum Gasteiger partial charge on any atom is 0.244 e. The van der Waals surface area contributed by atoms with Crippen LogP contribution in [-0.4, -0.2) is 10.2 Å². The van der Waals surface area contributed by atoms with Crippen LogP contribution in [0.5, 0.6) is 5.88 Å². The van der Waals surface area contributed by atoms with Gasteiger partial charge in [0.05, 0.1) is 11.5 Å². The van der Waals surface area contributed by atoms with E-state index in [2.05, 4.69) is 16.3 Å². The largest absolute Gasteiger partial charge is 0.420 e. The van der Waals surface area contributed by atoms with E-state index in [1.54, 1.807) is 6.07 Å². The molecule has 1 unspecified atom stereocenters. The second kappa shape index (κ2) is 6.58. The summed E-state index contributed by atoms with van der Waals surface area (Å²) in [6.45, 7) is 0. The number of ether oxygens (including phenoxy) is 1. The van der Waals surface area contributed by atoms with Gasteiger partial charge in [-0.05, 0) is 23.3 Å². The van der Waals surface area contributed by atoms with E-state index in [1.807, 2.05) is 48.5 Å². The van der Waals surface area contributed by atoms with Gasteiger partial charge in [0, 0.05) is 17.1 Å². The van der Waals surface area contributed by atoms with Crippen LogP contribution >= 0.6 is 11.6 Å². The Bertz CT molecular complexity index is 1030. The van der Waals surface area contributed by atoms with E-state index in [9.17, 15) is 5.26 Å². The maximum absolute atomic E-state index is 9.67. The Hall–Kier alpha value is -3.23. The summed E-state index contributed by atoms with van der Waals surface area (Å²) in [5.74, 6) is 0.0973. The van der Waals surface area contributed by atoms with Gasteiger partial charge in [-0.3, -0.25) is 5.10 Å². The summed E-state index contributed by atoms with van der Waals surface area (Å²) < 4.78 is 5.60. The number of nitrogens with zero attached hydrogens (tertiary/aromatic N) is 2. The van der Waals surface area contributed by atoms with Gasteiger partial charge in [-0.15, -0.1) is 5.10 Å². The molecule has 5 nitrogen and oxygen atoms in total. The van der Waals surface area contributed by atoms with Gasteiger partial charge >= 0.3 is 0 Å². The summed E-state index contributed by atoms with van der Waals surface area (Å²) in [6, 6.07) is 19.6. The Morgan fingerprint density at radius 1 is 1.19 bits per heavy atom. The lowest BCUT2D eigenvalue weighted by Crippen LogP contribution is -2.21. The highest BCUT2D eigenvalue weighted by Crippen LogP contribution is 2.43. The van der Waals surface area contributed by atoms with Crippen LogP contribution in [0.3, 0.4) is 0 Å². The highest BCUT2D eigenvalue weighted by molar-refractivity contribution is 6.30. The molecule has 6 heteroatoms. The molecule has 1 aromatic heterocycles. The molecule has 0 radical (unpaired) electrons. The Balaban J connectivity index is 1.86. The number of H-pyrrole nitrogens is 1. The Kier molecular flexibility index (Phi) is 4.11. The molecule has 0 bridgehead atoms. The van der Waals surface area contributed by atoms with Crippen molar-refractivity contribution in [2.45, 2.75) is 12.3 Å². The number of hydrogen-bond acceptors (Lipinski definition) is 4. The van der Waals surface area contributed by atoms with Crippen LogP contribution < -0.4 is 10.5 Å². The number of benzene rings is 2. The molecule has 0 spiro atoms. The molecule has 3 aromatic rings. The number of aromatic nitrogens is 2. The number of aromatic amines is 1. The van der Waals surface area contributed by atoms with Crippen LogP contribution in [0.25, 0.3) is 0 Å². The zero-order chi connectivity index (χ0) is 18.1. The molecule has 4 rings (SSSR count). The van der Waals surface area contributed by atoms with Crippen LogP contribution in [0.2, 0.25) is 5.02 Å². The average molecular weight is 363 g/mol. The Morgan fingerprint density at radius 3 is 2.73 bits per heavy atom. The topological polar surface area (TPSA) is 87.7 Å². The van der Waals surface area contributed by atoms with Gasteiger partial charge in [0.15, 0.2) is 0 Å². The van der Waals surface area contributed by atoms with E-state index in [-0.39, 0.29) is 11.8 Å². The van der Waals surface area contributed by atoms with E-state index in [1.165, 1.54) is 0 Å². The van der Waals surface area contributed by atoms with Crippen molar-refractivity contribution < 1.29 is 4.74 Å². The number of nitrogens with two attached hydrogens (primary N) is 1. The molecule has 1 aliphatic heterocycles. The third-order valence-electron chi connectivity index (χ3n) is 4.42. The fourth-order valence-electron chi connectivity index (χ4n) is 3.26. The van der Waals surface area contributed by atoms with Crippen molar-refractivity contribution in [3.63, 3.8) is 0 Å². The van der Waals surface area contributed by atoms with Gasteiger partial charge in [-0.25, -0.2) is 0 Å². The minimum atomic E-state index is -0.375. The SMILES string of the molecule is N#CC1=C(N)Oc2n[nH]c(Cc3ccccc3)c2C1c1cccc(Cl)c1. The quantitative estimate of drug-likeness (QED) is 0.740. The monoisotopic (exact) mass is 362 g/mol. The van der Waals surface area contributed by atoms with Crippen molar-refractivity contribution in [3.8, 4) is 11.9 Å². The van der Waals surface area contributed by atoms with Crippen molar-refractivity contribution in [3.05, 3.63) is 93.5 Å². The summed E-state index contributed by atoms with van der Waals surface area (Å²) >= 11 is 6.18. The molecule has 0 amide bonds. The van der Waals surface area contributed by atoms with Crippen LogP contribution in [-0.2, 0) is 6.42 Å². The smallest absolute Gasteiger partial charge is 0.244 e. The Morgan fingerprint density at radius 2 is 2.00 bits per heavy atom. The lowest BCUT2D eigenvalue weighted by atomic mass is 9.83. The molecule has 26 heavy (non-hydrogen) atoms. The summed E-state index contributed by atoms with van der Waals surface area (Å²) in [5, 5.41) is 17.6. The van der Waals surface area contributed by atoms with Crippen LogP contribution in [0, 0.1) is 11.3 Å². The van der Waals surface area contributed by atoms with Crippen molar-refractivity contribution in [2.24, 2.45) is 5.73 Å².